The minimum Gasteiger partial charge on any atom is -0.481 e. The number of fused-ring (bicyclic) bond motifs is 1. The van der Waals surface area contributed by atoms with Crippen molar-refractivity contribution < 1.29 is 19.4 Å². The van der Waals surface area contributed by atoms with E-state index >= 15 is 0 Å². The molecule has 194 valence electrons. The van der Waals surface area contributed by atoms with Crippen molar-refractivity contribution in [2.45, 2.75) is 58.7 Å². The molecule has 3 heterocycles. The van der Waals surface area contributed by atoms with Crippen LogP contribution in [0.25, 0.3) is 0 Å². The van der Waals surface area contributed by atoms with Gasteiger partial charge in [0.1, 0.15) is 11.4 Å². The highest BCUT2D eigenvalue weighted by molar-refractivity contribution is 6.35. The van der Waals surface area contributed by atoms with E-state index in [1.165, 1.54) is 0 Å². The Morgan fingerprint density at radius 1 is 1.17 bits per heavy atom. The Bertz CT molecular complexity index is 1150. The maximum absolute atomic E-state index is 12.7. The molecule has 0 bridgehead atoms. The van der Waals surface area contributed by atoms with Gasteiger partial charge in [-0.3, -0.25) is 4.79 Å². The minimum absolute atomic E-state index is 0.322. The van der Waals surface area contributed by atoms with Gasteiger partial charge >= 0.3 is 12.1 Å². The molecule has 1 amide bonds. The van der Waals surface area contributed by atoms with Gasteiger partial charge in [0.15, 0.2) is 0 Å². The fourth-order valence-corrected chi connectivity index (χ4v) is 4.82. The summed E-state index contributed by atoms with van der Waals surface area (Å²) in [6, 6.07) is 5.33. The zero-order valence-electron chi connectivity index (χ0n) is 20.7. The van der Waals surface area contributed by atoms with Crippen LogP contribution in [0.4, 0.5) is 16.6 Å². The standard InChI is InChI=1S/C25H31Cl2N5O4/c1-25(2,3)36-24(35)32-11-8-20-18(14-32)21(28-13-16-4-5-17(26)12-19(16)27)30-23(29-20)31-9-6-15(7-10-31)22(33)34/h4-5,12,15H,6-11,13-14H2,1-3H3,(H,33,34)(H,28,29,30). The van der Waals surface area contributed by atoms with Crippen molar-refractivity contribution in [2.24, 2.45) is 5.92 Å². The lowest BCUT2D eigenvalue weighted by Crippen LogP contribution is -2.41. The van der Waals surface area contributed by atoms with Crippen LogP contribution in [0.5, 0.6) is 0 Å². The van der Waals surface area contributed by atoms with Gasteiger partial charge in [-0.2, -0.15) is 4.98 Å². The fourth-order valence-electron chi connectivity index (χ4n) is 4.34. The van der Waals surface area contributed by atoms with Crippen LogP contribution in [0.15, 0.2) is 18.2 Å². The van der Waals surface area contributed by atoms with Crippen molar-refractivity contribution in [3.63, 3.8) is 0 Å². The number of halogens is 2. The number of ether oxygens (including phenoxy) is 1. The lowest BCUT2D eigenvalue weighted by molar-refractivity contribution is -0.142. The molecule has 0 unspecified atom stereocenters. The van der Waals surface area contributed by atoms with Gasteiger partial charge in [-0.25, -0.2) is 9.78 Å². The third kappa shape index (κ3) is 6.31. The molecule has 1 saturated heterocycles. The molecule has 1 fully saturated rings. The van der Waals surface area contributed by atoms with Crippen LogP contribution in [0, 0.1) is 5.92 Å². The van der Waals surface area contributed by atoms with Crippen LogP contribution in [0.1, 0.15) is 50.4 Å². The lowest BCUT2D eigenvalue weighted by atomic mass is 9.97. The average Bonchev–Trinajstić information content (AvgIpc) is 2.82. The first-order valence-electron chi connectivity index (χ1n) is 12.0. The molecule has 0 spiro atoms. The van der Waals surface area contributed by atoms with Crippen molar-refractivity contribution in [2.75, 3.05) is 29.9 Å². The molecule has 0 aliphatic carbocycles. The third-order valence-electron chi connectivity index (χ3n) is 6.29. The van der Waals surface area contributed by atoms with E-state index < -0.39 is 11.6 Å². The number of piperidine rings is 1. The van der Waals surface area contributed by atoms with Gasteiger partial charge in [-0.15, -0.1) is 0 Å². The summed E-state index contributed by atoms with van der Waals surface area (Å²) in [6.45, 7) is 7.89. The number of aromatic nitrogens is 2. The molecule has 2 aliphatic rings. The molecule has 0 atom stereocenters. The zero-order valence-corrected chi connectivity index (χ0v) is 22.2. The van der Waals surface area contributed by atoms with E-state index in [1.807, 2.05) is 31.7 Å². The summed E-state index contributed by atoms with van der Waals surface area (Å²) < 4.78 is 5.58. The van der Waals surface area contributed by atoms with Crippen molar-refractivity contribution in [1.29, 1.82) is 0 Å². The normalized spacial score (nSPS) is 16.5. The van der Waals surface area contributed by atoms with Crippen molar-refractivity contribution in [3.8, 4) is 0 Å². The largest absolute Gasteiger partial charge is 0.481 e. The Balaban J connectivity index is 1.60. The summed E-state index contributed by atoms with van der Waals surface area (Å²) in [7, 11) is 0. The predicted molar refractivity (Wildman–Crippen MR) is 139 cm³/mol. The van der Waals surface area contributed by atoms with Gasteiger partial charge in [-0.05, 0) is 51.3 Å². The molecule has 9 nitrogen and oxygen atoms in total. The van der Waals surface area contributed by atoms with E-state index in [9.17, 15) is 14.7 Å². The number of hydrogen-bond acceptors (Lipinski definition) is 7. The highest BCUT2D eigenvalue weighted by Crippen LogP contribution is 2.30. The Kier molecular flexibility index (Phi) is 7.80. The number of anilines is 2. The van der Waals surface area contributed by atoms with E-state index in [1.54, 1.807) is 17.0 Å². The van der Waals surface area contributed by atoms with Crippen LogP contribution < -0.4 is 10.2 Å². The first-order chi connectivity index (χ1) is 17.0. The third-order valence-corrected chi connectivity index (χ3v) is 6.88. The van der Waals surface area contributed by atoms with Crippen molar-refractivity contribution in [3.05, 3.63) is 45.1 Å². The minimum atomic E-state index is -0.759. The number of carbonyl (C=O) groups is 2. The molecule has 0 saturated carbocycles. The second-order valence-electron chi connectivity index (χ2n) is 10.1. The van der Waals surface area contributed by atoms with Gasteiger partial charge in [0.25, 0.3) is 0 Å². The number of carboxylic acid groups (broad SMARTS) is 1. The van der Waals surface area contributed by atoms with E-state index in [0.29, 0.717) is 73.8 Å². The number of carbonyl (C=O) groups excluding carboxylic acids is 1. The number of amides is 1. The zero-order chi connectivity index (χ0) is 26.0. The Morgan fingerprint density at radius 2 is 1.89 bits per heavy atom. The summed E-state index contributed by atoms with van der Waals surface area (Å²) >= 11 is 12.4. The van der Waals surface area contributed by atoms with Crippen LogP contribution in [-0.2, 0) is 29.0 Å². The molecule has 11 heteroatoms. The van der Waals surface area contributed by atoms with Crippen LogP contribution in [0.3, 0.4) is 0 Å². The molecule has 1 aromatic heterocycles. The van der Waals surface area contributed by atoms with Crippen LogP contribution in [-0.4, -0.2) is 57.3 Å². The van der Waals surface area contributed by atoms with Gasteiger partial charge in [-0.1, -0.05) is 29.3 Å². The summed E-state index contributed by atoms with van der Waals surface area (Å²) in [5.41, 5.74) is 1.97. The lowest BCUT2D eigenvalue weighted by Gasteiger charge is -2.34. The average molecular weight is 536 g/mol. The molecule has 2 aromatic rings. The SMILES string of the molecule is CC(C)(C)OC(=O)N1CCc2nc(N3CCC(C(=O)O)CC3)nc(NCc3ccc(Cl)cc3Cl)c2C1. The topological polar surface area (TPSA) is 108 Å². The van der Waals surface area contributed by atoms with Gasteiger partial charge < -0.3 is 25.0 Å². The van der Waals surface area contributed by atoms with Crippen molar-refractivity contribution in [1.82, 2.24) is 14.9 Å². The molecular formula is C25H31Cl2N5O4. The molecule has 2 aliphatic heterocycles. The number of carboxylic acids is 1. The molecule has 36 heavy (non-hydrogen) atoms. The van der Waals surface area contributed by atoms with Gasteiger partial charge in [0, 0.05) is 48.2 Å². The maximum Gasteiger partial charge on any atom is 0.410 e. The first-order valence-corrected chi connectivity index (χ1v) is 12.8. The predicted octanol–water partition coefficient (Wildman–Crippen LogP) is 4.99. The monoisotopic (exact) mass is 535 g/mol. The highest BCUT2D eigenvalue weighted by atomic mass is 35.5. The molecule has 1 aromatic carbocycles. The van der Waals surface area contributed by atoms with Gasteiger partial charge in [0.2, 0.25) is 5.95 Å². The van der Waals surface area contributed by atoms with Crippen LogP contribution >= 0.6 is 23.2 Å². The van der Waals surface area contributed by atoms with Gasteiger partial charge in [0.05, 0.1) is 18.2 Å². The number of hydrogen-bond donors (Lipinski definition) is 2. The second kappa shape index (κ2) is 10.7. The quantitative estimate of drug-likeness (QED) is 0.551. The number of benzene rings is 1. The molecule has 0 radical (unpaired) electrons. The number of nitrogens with zero attached hydrogens (tertiary/aromatic N) is 4. The highest BCUT2D eigenvalue weighted by Gasteiger charge is 2.31. The summed E-state index contributed by atoms with van der Waals surface area (Å²) in [4.78, 5) is 37.4. The first kappa shape index (κ1) is 26.3. The van der Waals surface area contributed by atoms with Crippen LogP contribution in [0.2, 0.25) is 10.0 Å². The fraction of sp³-hybridized carbons (Fsp3) is 0.520. The molecular weight excluding hydrogens is 505 g/mol. The van der Waals surface area contributed by atoms with Crippen molar-refractivity contribution >= 4 is 47.0 Å². The Morgan fingerprint density at radius 3 is 2.53 bits per heavy atom. The Labute approximate surface area is 220 Å². The summed E-state index contributed by atoms with van der Waals surface area (Å²) in [5.74, 6) is 0.0824. The second-order valence-corrected chi connectivity index (χ2v) is 11.0. The van der Waals surface area contributed by atoms with E-state index in [2.05, 4.69) is 5.32 Å². The maximum atomic E-state index is 12.7. The van der Waals surface area contributed by atoms with E-state index in [4.69, 9.17) is 37.9 Å². The molecule has 4 rings (SSSR count). The Hall–Kier alpha value is -2.78. The number of nitrogens with one attached hydrogen (secondary N) is 1. The number of rotatable bonds is 5. The van der Waals surface area contributed by atoms with E-state index in [0.717, 1.165) is 16.8 Å². The number of aliphatic carboxylic acids is 1. The molecule has 2 N–H and O–H groups in total. The summed E-state index contributed by atoms with van der Waals surface area (Å²) in [5, 5.41) is 13.8. The van der Waals surface area contributed by atoms with E-state index in [-0.39, 0.29) is 12.0 Å². The summed E-state index contributed by atoms with van der Waals surface area (Å²) in [6.07, 6.45) is 1.28. The smallest absolute Gasteiger partial charge is 0.410 e.